The molecule has 0 spiro atoms. The first kappa shape index (κ1) is 62.5. The Labute approximate surface area is 490 Å². The van der Waals surface area contributed by atoms with Crippen molar-refractivity contribution >= 4 is 152 Å². The molecule has 7 fully saturated rings. The van der Waals surface area contributed by atoms with Gasteiger partial charge in [-0.15, -0.1) is 11.7 Å². The van der Waals surface area contributed by atoms with Gasteiger partial charge in [-0.05, 0) is 250 Å². The molecule has 0 aromatic rings. The Morgan fingerprint density at radius 1 is 0.200 bits per heavy atom. The van der Waals surface area contributed by atoms with Gasteiger partial charge in [0.25, 0.3) is 0 Å². The van der Waals surface area contributed by atoms with E-state index in [1.54, 1.807) is 10.8 Å². The number of hydrogen-bond donors (Lipinski definition) is 1. The maximum Gasteiger partial charge on any atom is 0.00653 e. The summed E-state index contributed by atoms with van der Waals surface area (Å²) >= 11 is 4.38. The van der Waals surface area contributed by atoms with E-state index in [4.69, 9.17) is 0 Å². The highest BCUT2D eigenvalue weighted by atomic mass is 33.1. The summed E-state index contributed by atoms with van der Waals surface area (Å²) in [5.74, 6) is 32.1. The monoisotopic (exact) mass is 1220 g/mol. The van der Waals surface area contributed by atoms with Crippen LogP contribution in [0, 0.1) is 82.9 Å². The maximum atomic E-state index is 4.38. The van der Waals surface area contributed by atoms with E-state index in [-0.39, 0.29) is 0 Å². The third-order valence-corrected chi connectivity index (χ3v) is 35.6. The van der Waals surface area contributed by atoms with Crippen LogP contribution in [0.15, 0.2) is 0 Å². The van der Waals surface area contributed by atoms with E-state index in [0.29, 0.717) is 0 Å². The molecule has 7 rings (SSSR count). The third-order valence-electron chi connectivity index (χ3n) is 18.4. The Hall–Kier alpha value is 4.90. The summed E-state index contributed by atoms with van der Waals surface area (Å²) in [6.07, 6.45) is 41.8. The fourth-order valence-corrected chi connectivity index (χ4v) is 31.8. The lowest BCUT2D eigenvalue weighted by Gasteiger charge is -2.30. The molecule has 70 heavy (non-hydrogen) atoms. The molecule has 7 aliphatic carbocycles. The van der Waals surface area contributed by atoms with Gasteiger partial charge < -0.3 is 0 Å². The summed E-state index contributed by atoms with van der Waals surface area (Å²) in [5.41, 5.74) is 0. The molecule has 0 atom stereocenters. The van der Waals surface area contributed by atoms with Crippen molar-refractivity contribution in [2.75, 3.05) is 74.8 Å². The molecule has 0 amide bonds. The van der Waals surface area contributed by atoms with Gasteiger partial charge in [0.2, 0.25) is 0 Å². The van der Waals surface area contributed by atoms with Crippen LogP contribution in [-0.2, 0) is 0 Å². The zero-order chi connectivity index (χ0) is 48.3. The minimum atomic E-state index is 0.942. The van der Waals surface area contributed by atoms with E-state index in [1.165, 1.54) is 255 Å². The van der Waals surface area contributed by atoms with E-state index in [1.807, 2.05) is 0 Å². The molecular weight excluding hydrogens is 1120 g/mol. The first-order valence-corrected chi connectivity index (χ1v) is 46.2. The van der Waals surface area contributed by atoms with Crippen molar-refractivity contribution in [3.05, 3.63) is 0 Å². The number of rotatable bonds is 32. The van der Waals surface area contributed by atoms with Gasteiger partial charge in [-0.25, -0.2) is 0 Å². The molecule has 7 aliphatic rings. The molecule has 0 bridgehead atoms. The smallest absolute Gasteiger partial charge is 0.00653 e. The molecule has 0 N–H and O–H groups in total. The van der Waals surface area contributed by atoms with Gasteiger partial charge in [0.15, 0.2) is 0 Å². The number of thiol groups is 1. The number of hydrogen-bond acceptors (Lipinski definition) is 14. The van der Waals surface area contributed by atoms with Gasteiger partial charge >= 0.3 is 0 Å². The van der Waals surface area contributed by atoms with Crippen LogP contribution in [0.25, 0.3) is 0 Å². The quantitative estimate of drug-likeness (QED) is 0.0387. The van der Waals surface area contributed by atoms with Crippen LogP contribution in [-0.4, -0.2) is 74.8 Å². The maximum absolute atomic E-state index is 4.38. The topological polar surface area (TPSA) is 0 Å². The molecule has 0 aliphatic heterocycles. The fourth-order valence-electron chi connectivity index (χ4n) is 12.7. The third kappa shape index (κ3) is 26.2. The largest absolute Gasteiger partial charge is 0.111 e. The predicted molar refractivity (Wildman–Crippen MR) is 355 cm³/mol. The Morgan fingerprint density at radius 2 is 0.314 bits per heavy atom. The first-order chi connectivity index (χ1) is 34.5. The molecule has 0 heterocycles. The second-order valence-electron chi connectivity index (χ2n) is 24.2. The Balaban J connectivity index is 0.582. The minimum Gasteiger partial charge on any atom is -0.111 e. The van der Waals surface area contributed by atoms with Gasteiger partial charge in [-0.3, -0.25) is 0 Å². The van der Waals surface area contributed by atoms with E-state index < -0.39 is 0 Å². The van der Waals surface area contributed by atoms with Crippen LogP contribution in [0.1, 0.15) is 187 Å². The van der Waals surface area contributed by atoms with Crippen LogP contribution < -0.4 is 0 Å². The van der Waals surface area contributed by atoms with Crippen molar-refractivity contribution < 1.29 is 0 Å². The van der Waals surface area contributed by atoms with Gasteiger partial charge in [0.1, 0.15) is 0 Å². The highest BCUT2D eigenvalue weighted by Gasteiger charge is 2.28. The average molecular weight is 1220 g/mol. The molecule has 14 heteroatoms. The molecule has 0 saturated heterocycles. The van der Waals surface area contributed by atoms with E-state index in [0.717, 1.165) is 82.9 Å². The van der Waals surface area contributed by atoms with Gasteiger partial charge in [0, 0.05) is 74.8 Å². The molecule has 0 nitrogen and oxygen atoms in total. The fraction of sp³-hybridized carbons (Fsp3) is 1.00. The van der Waals surface area contributed by atoms with Gasteiger partial charge in [0.05, 0.1) is 0 Å². The molecule has 0 radical (unpaired) electrons. The van der Waals surface area contributed by atoms with E-state index in [2.05, 4.69) is 148 Å². The first-order valence-electron chi connectivity index (χ1n) is 29.3. The zero-order valence-electron chi connectivity index (χ0n) is 43.8. The normalized spacial score (nSPS) is 35.7. The minimum absolute atomic E-state index is 0.942. The lowest BCUT2D eigenvalue weighted by atomic mass is 9.84. The molecule has 408 valence electrons. The molecule has 0 aromatic carbocycles. The molecule has 0 unspecified atom stereocenters. The lowest BCUT2D eigenvalue weighted by molar-refractivity contribution is 0.312. The van der Waals surface area contributed by atoms with Crippen molar-refractivity contribution in [3.63, 3.8) is 0 Å². The van der Waals surface area contributed by atoms with Crippen LogP contribution in [0.2, 0.25) is 0 Å². The van der Waals surface area contributed by atoms with Crippen LogP contribution in [0.4, 0.5) is 0 Å². The van der Waals surface area contributed by atoms with Crippen molar-refractivity contribution in [2.45, 2.75) is 187 Å². The summed E-state index contributed by atoms with van der Waals surface area (Å²) < 4.78 is 0. The Kier molecular flexibility index (Phi) is 34.4. The highest BCUT2D eigenvalue weighted by Crippen LogP contribution is 2.45. The summed E-state index contributed by atoms with van der Waals surface area (Å²) in [6.45, 7) is 2.45. The van der Waals surface area contributed by atoms with Crippen LogP contribution in [0.3, 0.4) is 0 Å². The highest BCUT2D eigenvalue weighted by molar-refractivity contribution is 8.78. The predicted octanol–water partition coefficient (Wildman–Crippen LogP) is 22.5. The van der Waals surface area contributed by atoms with Crippen LogP contribution in [0.5, 0.6) is 0 Å². The summed E-state index contributed by atoms with van der Waals surface area (Å²) in [7, 11) is 28.5. The molecule has 0 aromatic heterocycles. The average Bonchev–Trinajstić information content (AvgIpc) is 3.40. The van der Waals surface area contributed by atoms with E-state index >= 15 is 0 Å². The van der Waals surface area contributed by atoms with Gasteiger partial charge in [-0.1, -0.05) is 160 Å². The van der Waals surface area contributed by atoms with Crippen molar-refractivity contribution in [2.24, 2.45) is 82.9 Å². The Morgan fingerprint density at radius 3 is 0.443 bits per heavy atom. The Bertz CT molecular complexity index is 1260. The SMILES string of the molecule is C[C@H]1CC[C@@H](CSSC[C@H]2CC[C@@H](CSSC[C@H]3CC[C@@H](CSSC[C@H]4CC[C@@H](CSSC[C@H]5CC[C@@H](CSSC[C@H]6CC[C@@H](CSSC[C@H]7CC[C@@H](CSS)CC7)CC6)CC5)CC4)CC3)CC2)CC1. The second-order valence-corrected chi connectivity index (χ2v) is 40.8. The van der Waals surface area contributed by atoms with Gasteiger partial charge in [-0.2, -0.15) is 0 Å². The van der Waals surface area contributed by atoms with Crippen molar-refractivity contribution in [1.29, 1.82) is 0 Å². The lowest BCUT2D eigenvalue weighted by Crippen LogP contribution is -2.19. The second kappa shape index (κ2) is 38.6. The zero-order valence-corrected chi connectivity index (χ0v) is 55.3. The van der Waals surface area contributed by atoms with Crippen molar-refractivity contribution in [3.8, 4) is 0 Å². The summed E-state index contributed by atoms with van der Waals surface area (Å²) in [5, 5.41) is 0. The molecule has 7 saturated carbocycles. The van der Waals surface area contributed by atoms with Crippen molar-refractivity contribution in [1.82, 2.24) is 0 Å². The summed E-state index contributed by atoms with van der Waals surface area (Å²) in [4.78, 5) is 0. The standard InChI is InChI=1S/C56H100S14/c1-43-2-4-45(5-3-43)31-59-60-33-47-10-12-49(13-11-47)35-63-64-37-51-18-20-53(21-19-51)39-67-68-41-55-26-28-56(29-27-55)42-70-69-40-54-24-22-52(23-25-54)38-66-65-36-50-16-14-48(15-17-50)34-62-61-32-46-8-6-44(7-9-46)30-58-57/h43-57H,2-42H2,1H3/t43-,44-,45+,46+,47-,48-,49+,50+,51-,52-,53+,54+,55-,56+. The van der Waals surface area contributed by atoms with E-state index in [9.17, 15) is 0 Å². The molecular formula is C56H100S14. The summed E-state index contributed by atoms with van der Waals surface area (Å²) in [6, 6.07) is 0. The van der Waals surface area contributed by atoms with Crippen LogP contribution >= 0.6 is 152 Å².